The Hall–Kier alpha value is -1.07. The van der Waals surface area contributed by atoms with Gasteiger partial charge in [0.1, 0.15) is 5.84 Å². The van der Waals surface area contributed by atoms with Crippen LogP contribution in [0.15, 0.2) is 17.3 Å². The lowest BCUT2D eigenvalue weighted by Gasteiger charge is -2.09. The first-order valence-corrected chi connectivity index (χ1v) is 5.68. The highest BCUT2D eigenvalue weighted by molar-refractivity contribution is 7.11. The van der Waals surface area contributed by atoms with E-state index in [0.717, 1.165) is 6.54 Å². The van der Waals surface area contributed by atoms with E-state index in [9.17, 15) is 0 Å². The van der Waals surface area contributed by atoms with Gasteiger partial charge in [0, 0.05) is 28.8 Å². The Morgan fingerprint density at radius 3 is 2.93 bits per heavy atom. The largest absolute Gasteiger partial charge is 0.409 e. The first kappa shape index (κ1) is 12.0. The van der Waals surface area contributed by atoms with Crippen LogP contribution in [-0.4, -0.2) is 17.6 Å². The molecule has 0 fully saturated rings. The minimum atomic E-state index is 0.0519. The number of hydrogen-bond donors (Lipinski definition) is 3. The van der Waals surface area contributed by atoms with Gasteiger partial charge in [-0.1, -0.05) is 12.1 Å². The van der Waals surface area contributed by atoms with E-state index in [1.807, 2.05) is 6.92 Å². The molecule has 0 aromatic carbocycles. The fourth-order valence-corrected chi connectivity index (χ4v) is 2.06. The lowest BCUT2D eigenvalue weighted by atomic mass is 10.1. The van der Waals surface area contributed by atoms with Gasteiger partial charge in [0.05, 0.1) is 0 Å². The summed E-state index contributed by atoms with van der Waals surface area (Å²) in [4.78, 5) is 2.62. The van der Waals surface area contributed by atoms with Crippen LogP contribution in [0.5, 0.6) is 0 Å². The van der Waals surface area contributed by atoms with Crippen LogP contribution >= 0.6 is 11.3 Å². The number of nitrogens with two attached hydrogens (primary N) is 1. The molecular formula is C10H17N3OS. The highest BCUT2D eigenvalue weighted by Gasteiger charge is 2.06. The summed E-state index contributed by atoms with van der Waals surface area (Å²) in [6, 6.07) is 4.22. The molecule has 1 unspecified atom stereocenters. The Kier molecular flexibility index (Phi) is 4.58. The molecule has 0 saturated heterocycles. The van der Waals surface area contributed by atoms with Crippen molar-refractivity contribution in [2.75, 3.05) is 6.54 Å². The van der Waals surface area contributed by atoms with E-state index in [4.69, 9.17) is 10.9 Å². The summed E-state index contributed by atoms with van der Waals surface area (Å²) in [5, 5.41) is 14.7. The van der Waals surface area contributed by atoms with E-state index in [1.165, 1.54) is 9.75 Å². The predicted octanol–water partition coefficient (Wildman–Crippen LogP) is 1.53. The number of oxime groups is 1. The second-order valence-corrected chi connectivity index (χ2v) is 4.94. The zero-order chi connectivity index (χ0) is 11.3. The molecule has 0 aliphatic heterocycles. The molecule has 15 heavy (non-hydrogen) atoms. The van der Waals surface area contributed by atoms with Gasteiger partial charge >= 0.3 is 0 Å². The van der Waals surface area contributed by atoms with Crippen molar-refractivity contribution in [2.45, 2.75) is 20.4 Å². The average molecular weight is 227 g/mol. The average Bonchev–Trinajstić information content (AvgIpc) is 2.63. The van der Waals surface area contributed by atoms with Gasteiger partial charge in [0.15, 0.2) is 0 Å². The Balaban J connectivity index is 2.27. The Bertz CT molecular complexity index is 335. The molecule has 84 valence electrons. The van der Waals surface area contributed by atoms with Crippen molar-refractivity contribution in [1.82, 2.24) is 5.32 Å². The molecule has 1 aromatic heterocycles. The number of nitrogens with one attached hydrogen (secondary N) is 1. The molecule has 0 bridgehead atoms. The van der Waals surface area contributed by atoms with E-state index >= 15 is 0 Å². The minimum absolute atomic E-state index is 0.0519. The van der Waals surface area contributed by atoms with Crippen LogP contribution in [0.3, 0.4) is 0 Å². The third-order valence-electron chi connectivity index (χ3n) is 2.17. The fourth-order valence-electron chi connectivity index (χ4n) is 1.20. The fraction of sp³-hybridized carbons (Fsp3) is 0.500. The lowest BCUT2D eigenvalue weighted by Crippen LogP contribution is -2.30. The van der Waals surface area contributed by atoms with Crippen LogP contribution in [0.2, 0.25) is 0 Å². The summed E-state index contributed by atoms with van der Waals surface area (Å²) in [6.45, 7) is 5.56. The number of amidine groups is 1. The third kappa shape index (κ3) is 3.89. The summed E-state index contributed by atoms with van der Waals surface area (Å²) in [5.74, 6) is 0.320. The number of hydrogen-bond acceptors (Lipinski definition) is 4. The van der Waals surface area contributed by atoms with Crippen LogP contribution in [0.25, 0.3) is 0 Å². The van der Waals surface area contributed by atoms with Gasteiger partial charge in [-0.05, 0) is 19.1 Å². The smallest absolute Gasteiger partial charge is 0.143 e. The Morgan fingerprint density at radius 1 is 1.67 bits per heavy atom. The van der Waals surface area contributed by atoms with Crippen LogP contribution in [-0.2, 0) is 6.54 Å². The summed E-state index contributed by atoms with van der Waals surface area (Å²) < 4.78 is 0. The van der Waals surface area contributed by atoms with E-state index in [0.29, 0.717) is 6.54 Å². The van der Waals surface area contributed by atoms with Crippen molar-refractivity contribution in [1.29, 1.82) is 0 Å². The summed E-state index contributed by atoms with van der Waals surface area (Å²) in [6.07, 6.45) is 0. The molecule has 5 heteroatoms. The molecule has 0 amide bonds. The standard InChI is InChI=1S/C10H17N3OS/c1-7(10(11)13-14)5-12-6-9-4-3-8(2)15-9/h3-4,7,12,14H,5-6H2,1-2H3,(H2,11,13). The normalized spacial score (nSPS) is 14.1. The van der Waals surface area contributed by atoms with Gasteiger partial charge in [-0.3, -0.25) is 0 Å². The molecule has 0 aliphatic carbocycles. The lowest BCUT2D eigenvalue weighted by molar-refractivity contribution is 0.314. The molecular weight excluding hydrogens is 210 g/mol. The van der Waals surface area contributed by atoms with Gasteiger partial charge in [0.25, 0.3) is 0 Å². The molecule has 0 radical (unpaired) electrons. The van der Waals surface area contributed by atoms with Crippen LogP contribution in [0.4, 0.5) is 0 Å². The van der Waals surface area contributed by atoms with Crippen LogP contribution < -0.4 is 11.1 Å². The molecule has 0 spiro atoms. The summed E-state index contributed by atoms with van der Waals surface area (Å²) in [7, 11) is 0. The maximum atomic E-state index is 8.46. The predicted molar refractivity (Wildman–Crippen MR) is 63.3 cm³/mol. The molecule has 1 heterocycles. The number of nitrogens with zero attached hydrogens (tertiary/aromatic N) is 1. The monoisotopic (exact) mass is 227 g/mol. The topological polar surface area (TPSA) is 70.6 Å². The SMILES string of the molecule is Cc1ccc(CNCC(C)C(N)=NO)s1. The summed E-state index contributed by atoms with van der Waals surface area (Å²) in [5.41, 5.74) is 5.46. The zero-order valence-electron chi connectivity index (χ0n) is 9.03. The third-order valence-corrected chi connectivity index (χ3v) is 3.17. The summed E-state index contributed by atoms with van der Waals surface area (Å²) >= 11 is 1.78. The van der Waals surface area contributed by atoms with Crippen molar-refractivity contribution in [3.8, 4) is 0 Å². The number of aryl methyl sites for hydroxylation is 1. The molecule has 0 aliphatic rings. The number of rotatable bonds is 5. The Labute approximate surface area is 93.8 Å². The molecule has 0 saturated carbocycles. The van der Waals surface area contributed by atoms with E-state index in [2.05, 4.69) is 29.5 Å². The van der Waals surface area contributed by atoms with Crippen LogP contribution in [0.1, 0.15) is 16.7 Å². The minimum Gasteiger partial charge on any atom is -0.409 e. The number of thiophene rings is 1. The highest BCUT2D eigenvalue weighted by atomic mass is 32.1. The molecule has 1 aromatic rings. The maximum Gasteiger partial charge on any atom is 0.143 e. The van der Waals surface area contributed by atoms with Crippen molar-refractivity contribution < 1.29 is 5.21 Å². The van der Waals surface area contributed by atoms with Crippen molar-refractivity contribution in [3.63, 3.8) is 0 Å². The van der Waals surface area contributed by atoms with Gasteiger partial charge in [-0.2, -0.15) is 0 Å². The second-order valence-electron chi connectivity index (χ2n) is 3.57. The van der Waals surface area contributed by atoms with Crippen molar-refractivity contribution >= 4 is 17.2 Å². The second kappa shape index (κ2) is 5.72. The van der Waals surface area contributed by atoms with E-state index in [-0.39, 0.29) is 11.8 Å². The molecule has 1 rings (SSSR count). The molecule has 4 nitrogen and oxygen atoms in total. The van der Waals surface area contributed by atoms with Crippen molar-refractivity contribution in [3.05, 3.63) is 21.9 Å². The van der Waals surface area contributed by atoms with Crippen LogP contribution in [0, 0.1) is 12.8 Å². The van der Waals surface area contributed by atoms with Gasteiger partial charge in [-0.25, -0.2) is 0 Å². The van der Waals surface area contributed by atoms with E-state index < -0.39 is 0 Å². The van der Waals surface area contributed by atoms with Crippen molar-refractivity contribution in [2.24, 2.45) is 16.8 Å². The van der Waals surface area contributed by atoms with Gasteiger partial charge < -0.3 is 16.3 Å². The van der Waals surface area contributed by atoms with E-state index in [1.54, 1.807) is 11.3 Å². The first-order valence-electron chi connectivity index (χ1n) is 4.87. The Morgan fingerprint density at radius 2 is 2.40 bits per heavy atom. The molecule has 1 atom stereocenters. The highest BCUT2D eigenvalue weighted by Crippen LogP contribution is 2.14. The maximum absolute atomic E-state index is 8.46. The molecule has 4 N–H and O–H groups in total. The zero-order valence-corrected chi connectivity index (χ0v) is 9.84. The van der Waals surface area contributed by atoms with Gasteiger partial charge in [-0.15, -0.1) is 11.3 Å². The first-order chi connectivity index (χ1) is 7.13. The quantitative estimate of drug-likeness (QED) is 0.309. The van der Waals surface area contributed by atoms with Gasteiger partial charge in [0.2, 0.25) is 0 Å².